The zero-order valence-electron chi connectivity index (χ0n) is 14.0. The third-order valence-electron chi connectivity index (χ3n) is 4.00. The topological polar surface area (TPSA) is 72.7 Å². The molecule has 1 amide bonds. The number of hydrogen-bond donors (Lipinski definition) is 1. The molecule has 0 bridgehead atoms. The normalized spacial score (nSPS) is 14.4. The summed E-state index contributed by atoms with van der Waals surface area (Å²) in [6.07, 6.45) is 5.62. The van der Waals surface area contributed by atoms with E-state index in [1.54, 1.807) is 6.07 Å². The van der Waals surface area contributed by atoms with Gasteiger partial charge in [0.05, 0.1) is 17.8 Å². The van der Waals surface area contributed by atoms with Crippen molar-refractivity contribution < 1.29 is 4.79 Å². The summed E-state index contributed by atoms with van der Waals surface area (Å²) < 4.78 is 2.16. The highest BCUT2D eigenvalue weighted by molar-refractivity contribution is 5.91. The fourth-order valence-electron chi connectivity index (χ4n) is 2.71. The Morgan fingerprint density at radius 1 is 1.26 bits per heavy atom. The number of amides is 1. The molecule has 3 rings (SSSR count). The van der Waals surface area contributed by atoms with Gasteiger partial charge in [0.15, 0.2) is 5.82 Å². The van der Waals surface area contributed by atoms with Crippen LogP contribution >= 0.6 is 0 Å². The molecule has 3 heterocycles. The maximum atomic E-state index is 12.1. The lowest BCUT2D eigenvalue weighted by Crippen LogP contribution is -2.18. The van der Waals surface area contributed by atoms with Crippen LogP contribution < -0.4 is 5.32 Å². The molecule has 2 aromatic heterocycles. The lowest BCUT2D eigenvalue weighted by atomic mass is 9.92. The van der Waals surface area contributed by atoms with E-state index in [2.05, 4.69) is 45.8 Å². The minimum absolute atomic E-state index is 0.0506. The number of carbonyl (C=O) groups is 1. The Labute approximate surface area is 136 Å². The molecule has 0 aromatic carbocycles. The van der Waals surface area contributed by atoms with Crippen LogP contribution in [0.5, 0.6) is 0 Å². The fraction of sp³-hybridized carbons (Fsp3) is 0.529. The van der Waals surface area contributed by atoms with Crippen molar-refractivity contribution in [1.29, 1.82) is 0 Å². The van der Waals surface area contributed by atoms with E-state index in [0.29, 0.717) is 5.82 Å². The molecule has 0 fully saturated rings. The minimum Gasteiger partial charge on any atom is -0.335 e. The Bertz CT molecular complexity index is 673. The molecule has 2 aromatic rings. The third kappa shape index (κ3) is 3.75. The lowest BCUT2D eigenvalue weighted by molar-refractivity contribution is -0.115. The van der Waals surface area contributed by atoms with Crippen LogP contribution in [0.1, 0.15) is 50.8 Å². The molecule has 0 saturated heterocycles. The van der Waals surface area contributed by atoms with E-state index in [-0.39, 0.29) is 17.7 Å². The van der Waals surface area contributed by atoms with Crippen LogP contribution in [-0.4, -0.2) is 25.7 Å². The highest BCUT2D eigenvalue weighted by atomic mass is 16.1. The molecule has 0 saturated carbocycles. The first-order chi connectivity index (χ1) is 10.9. The van der Waals surface area contributed by atoms with Crippen molar-refractivity contribution >= 4 is 11.7 Å². The summed E-state index contributed by atoms with van der Waals surface area (Å²) >= 11 is 0. The number of imidazole rings is 1. The molecule has 1 aliphatic heterocycles. The minimum atomic E-state index is -0.113. The van der Waals surface area contributed by atoms with E-state index in [0.717, 1.165) is 30.2 Å². The molecule has 0 radical (unpaired) electrons. The van der Waals surface area contributed by atoms with E-state index in [1.165, 1.54) is 12.8 Å². The van der Waals surface area contributed by atoms with Gasteiger partial charge in [0.2, 0.25) is 5.91 Å². The molecule has 0 atom stereocenters. The summed E-state index contributed by atoms with van der Waals surface area (Å²) in [6.45, 7) is 7.24. The molecule has 23 heavy (non-hydrogen) atoms. The molecule has 0 aliphatic carbocycles. The van der Waals surface area contributed by atoms with Gasteiger partial charge in [0.25, 0.3) is 0 Å². The molecule has 0 spiro atoms. The zero-order chi connectivity index (χ0) is 16.4. The maximum absolute atomic E-state index is 12.1. The van der Waals surface area contributed by atoms with Crippen LogP contribution in [-0.2, 0) is 29.6 Å². The summed E-state index contributed by atoms with van der Waals surface area (Å²) in [5.41, 5.74) is 1.67. The number of rotatable bonds is 3. The fourth-order valence-corrected chi connectivity index (χ4v) is 2.71. The predicted molar refractivity (Wildman–Crippen MR) is 88.2 cm³/mol. The third-order valence-corrected chi connectivity index (χ3v) is 4.00. The molecular formula is C17H23N5O. The van der Waals surface area contributed by atoms with Gasteiger partial charge >= 0.3 is 0 Å². The molecular weight excluding hydrogens is 290 g/mol. The number of nitrogens with zero attached hydrogens (tertiary/aromatic N) is 4. The van der Waals surface area contributed by atoms with Crippen molar-refractivity contribution in [3.8, 4) is 0 Å². The van der Waals surface area contributed by atoms with E-state index >= 15 is 0 Å². The predicted octanol–water partition coefficient (Wildman–Crippen LogP) is 2.49. The Morgan fingerprint density at radius 2 is 2.09 bits per heavy atom. The van der Waals surface area contributed by atoms with E-state index in [4.69, 9.17) is 0 Å². The Balaban J connectivity index is 1.62. The Kier molecular flexibility index (Phi) is 4.15. The Hall–Kier alpha value is -2.24. The second-order valence-corrected chi connectivity index (χ2v) is 7.08. The van der Waals surface area contributed by atoms with Crippen LogP contribution in [0.2, 0.25) is 0 Å². The SMILES string of the molecule is CC(C)(C)c1ccc(NC(=O)Cc2cn3c(n2)CCCC3)nn1. The van der Waals surface area contributed by atoms with Crippen molar-refractivity contribution in [3.05, 3.63) is 35.5 Å². The van der Waals surface area contributed by atoms with E-state index in [1.807, 2.05) is 12.3 Å². The van der Waals surface area contributed by atoms with Gasteiger partial charge in [-0.05, 0) is 25.0 Å². The average Bonchev–Trinajstić information content (AvgIpc) is 2.88. The van der Waals surface area contributed by atoms with Gasteiger partial charge in [-0.3, -0.25) is 4.79 Å². The summed E-state index contributed by atoms with van der Waals surface area (Å²) in [7, 11) is 0. The number of aryl methyl sites for hydroxylation is 2. The van der Waals surface area contributed by atoms with Crippen LogP contribution in [0, 0.1) is 0 Å². The Morgan fingerprint density at radius 3 is 2.74 bits per heavy atom. The highest BCUT2D eigenvalue weighted by Gasteiger charge is 2.17. The molecule has 0 unspecified atom stereocenters. The van der Waals surface area contributed by atoms with Gasteiger partial charge in [-0.25, -0.2) is 4.98 Å². The second-order valence-electron chi connectivity index (χ2n) is 7.08. The number of hydrogen-bond acceptors (Lipinski definition) is 4. The zero-order valence-corrected chi connectivity index (χ0v) is 14.0. The summed E-state index contributed by atoms with van der Waals surface area (Å²) in [5, 5.41) is 11.1. The number of nitrogens with one attached hydrogen (secondary N) is 1. The van der Waals surface area contributed by atoms with Crippen molar-refractivity contribution in [2.75, 3.05) is 5.32 Å². The molecule has 1 N–H and O–H groups in total. The van der Waals surface area contributed by atoms with Gasteiger partial charge in [0, 0.05) is 24.6 Å². The summed E-state index contributed by atoms with van der Waals surface area (Å²) in [6, 6.07) is 3.70. The van der Waals surface area contributed by atoms with E-state index < -0.39 is 0 Å². The molecule has 122 valence electrons. The molecule has 1 aliphatic rings. The second kappa shape index (κ2) is 6.10. The number of fused-ring (bicyclic) bond motifs is 1. The van der Waals surface area contributed by atoms with E-state index in [9.17, 15) is 4.79 Å². The van der Waals surface area contributed by atoms with Gasteiger partial charge in [0.1, 0.15) is 5.82 Å². The van der Waals surface area contributed by atoms with Gasteiger partial charge in [-0.15, -0.1) is 5.10 Å². The monoisotopic (exact) mass is 313 g/mol. The number of aromatic nitrogens is 4. The van der Waals surface area contributed by atoms with Crippen LogP contribution in [0.25, 0.3) is 0 Å². The number of carbonyl (C=O) groups excluding carboxylic acids is 1. The lowest BCUT2D eigenvalue weighted by Gasteiger charge is -2.16. The summed E-state index contributed by atoms with van der Waals surface area (Å²) in [5.74, 6) is 1.46. The molecule has 6 nitrogen and oxygen atoms in total. The van der Waals surface area contributed by atoms with Crippen molar-refractivity contribution in [1.82, 2.24) is 19.7 Å². The molecule has 6 heteroatoms. The van der Waals surface area contributed by atoms with Crippen molar-refractivity contribution in [2.24, 2.45) is 0 Å². The first kappa shape index (κ1) is 15.6. The van der Waals surface area contributed by atoms with Crippen LogP contribution in [0.15, 0.2) is 18.3 Å². The van der Waals surface area contributed by atoms with Gasteiger partial charge in [-0.1, -0.05) is 20.8 Å². The smallest absolute Gasteiger partial charge is 0.231 e. The quantitative estimate of drug-likeness (QED) is 0.945. The van der Waals surface area contributed by atoms with Gasteiger partial charge in [-0.2, -0.15) is 5.10 Å². The van der Waals surface area contributed by atoms with Crippen LogP contribution in [0.3, 0.4) is 0 Å². The largest absolute Gasteiger partial charge is 0.335 e. The van der Waals surface area contributed by atoms with Crippen molar-refractivity contribution in [2.45, 2.75) is 58.4 Å². The number of anilines is 1. The standard InChI is InChI=1S/C17H23N5O/c1-17(2,3)13-7-8-14(21-20-13)19-16(23)10-12-11-22-9-5-4-6-15(22)18-12/h7-8,11H,4-6,9-10H2,1-3H3,(H,19,21,23). The van der Waals surface area contributed by atoms with Crippen LogP contribution in [0.4, 0.5) is 5.82 Å². The van der Waals surface area contributed by atoms with Crippen molar-refractivity contribution in [3.63, 3.8) is 0 Å². The van der Waals surface area contributed by atoms with Gasteiger partial charge < -0.3 is 9.88 Å². The first-order valence-electron chi connectivity index (χ1n) is 8.11. The first-order valence-corrected chi connectivity index (χ1v) is 8.11. The highest BCUT2D eigenvalue weighted by Crippen LogP contribution is 2.19. The maximum Gasteiger partial charge on any atom is 0.231 e. The summed E-state index contributed by atoms with van der Waals surface area (Å²) in [4.78, 5) is 16.7. The average molecular weight is 313 g/mol.